The van der Waals surface area contributed by atoms with Gasteiger partial charge in [0, 0.05) is 12.6 Å². The fourth-order valence-corrected chi connectivity index (χ4v) is 2.07. The molecule has 1 amide bonds. The van der Waals surface area contributed by atoms with Gasteiger partial charge in [-0.05, 0) is 24.7 Å². The lowest BCUT2D eigenvalue weighted by atomic mass is 9.84. The largest absolute Gasteiger partial charge is 0.355 e. The van der Waals surface area contributed by atoms with Crippen LogP contribution < -0.4 is 11.1 Å². The third-order valence-electron chi connectivity index (χ3n) is 3.85. The van der Waals surface area contributed by atoms with Crippen molar-refractivity contribution in [2.75, 3.05) is 6.54 Å². The highest BCUT2D eigenvalue weighted by Gasteiger charge is 2.28. The number of carbonyl (C=O) groups excluding carboxylic acids is 1. The minimum absolute atomic E-state index is 0.0430. The number of rotatable bonds is 4. The molecule has 2 atom stereocenters. The van der Waals surface area contributed by atoms with Gasteiger partial charge in [0.05, 0.1) is 5.92 Å². The molecule has 0 spiro atoms. The molecular weight excluding hydrogens is 200 g/mol. The van der Waals surface area contributed by atoms with Gasteiger partial charge in [0.1, 0.15) is 0 Å². The quantitative estimate of drug-likeness (QED) is 0.771. The normalized spacial score (nSPS) is 26.5. The molecule has 94 valence electrons. The van der Waals surface area contributed by atoms with E-state index in [2.05, 4.69) is 26.1 Å². The van der Waals surface area contributed by atoms with Crippen LogP contribution in [0, 0.1) is 11.3 Å². The van der Waals surface area contributed by atoms with E-state index in [-0.39, 0.29) is 23.3 Å². The summed E-state index contributed by atoms with van der Waals surface area (Å²) in [7, 11) is 0. The molecule has 1 saturated carbocycles. The van der Waals surface area contributed by atoms with Crippen molar-refractivity contribution in [3.8, 4) is 0 Å². The van der Waals surface area contributed by atoms with Crippen molar-refractivity contribution in [2.24, 2.45) is 17.1 Å². The van der Waals surface area contributed by atoms with E-state index >= 15 is 0 Å². The van der Waals surface area contributed by atoms with Crippen molar-refractivity contribution in [1.82, 2.24) is 5.32 Å². The molecule has 0 aromatic heterocycles. The second kappa shape index (κ2) is 5.67. The SMILES string of the molecule is CCC(C)(C)CNC(=O)C1CCCCC1N. The number of carbonyl (C=O) groups is 1. The highest BCUT2D eigenvalue weighted by molar-refractivity contribution is 5.79. The van der Waals surface area contributed by atoms with Crippen molar-refractivity contribution in [3.05, 3.63) is 0 Å². The van der Waals surface area contributed by atoms with Crippen LogP contribution in [0.3, 0.4) is 0 Å². The Morgan fingerprint density at radius 3 is 2.56 bits per heavy atom. The molecular formula is C13H26N2O. The lowest BCUT2D eigenvalue weighted by molar-refractivity contribution is -0.126. The molecule has 0 aromatic rings. The third-order valence-corrected chi connectivity index (χ3v) is 3.85. The van der Waals surface area contributed by atoms with Crippen molar-refractivity contribution in [3.63, 3.8) is 0 Å². The van der Waals surface area contributed by atoms with Crippen molar-refractivity contribution < 1.29 is 4.79 Å². The molecule has 3 heteroatoms. The van der Waals surface area contributed by atoms with Crippen LogP contribution in [0.25, 0.3) is 0 Å². The minimum atomic E-state index is 0.0430. The molecule has 0 saturated heterocycles. The van der Waals surface area contributed by atoms with Crippen LogP contribution in [-0.2, 0) is 4.79 Å². The fourth-order valence-electron chi connectivity index (χ4n) is 2.07. The molecule has 3 nitrogen and oxygen atoms in total. The molecule has 0 heterocycles. The maximum atomic E-state index is 12.0. The van der Waals surface area contributed by atoms with E-state index < -0.39 is 0 Å². The monoisotopic (exact) mass is 226 g/mol. The van der Waals surface area contributed by atoms with Crippen LogP contribution in [0.2, 0.25) is 0 Å². The molecule has 0 aromatic carbocycles. The van der Waals surface area contributed by atoms with Gasteiger partial charge in [-0.25, -0.2) is 0 Å². The second-order valence-electron chi connectivity index (χ2n) is 5.79. The summed E-state index contributed by atoms with van der Waals surface area (Å²) in [5, 5.41) is 3.06. The second-order valence-corrected chi connectivity index (χ2v) is 5.79. The van der Waals surface area contributed by atoms with Crippen LogP contribution in [0.5, 0.6) is 0 Å². The predicted octanol–water partition coefficient (Wildman–Crippen LogP) is 2.06. The Labute approximate surface area is 99.2 Å². The van der Waals surface area contributed by atoms with E-state index in [0.29, 0.717) is 0 Å². The molecule has 3 N–H and O–H groups in total. The Hall–Kier alpha value is -0.570. The summed E-state index contributed by atoms with van der Waals surface area (Å²) < 4.78 is 0. The molecule has 16 heavy (non-hydrogen) atoms. The topological polar surface area (TPSA) is 55.1 Å². The fraction of sp³-hybridized carbons (Fsp3) is 0.923. The van der Waals surface area contributed by atoms with Crippen LogP contribution in [0.4, 0.5) is 0 Å². The summed E-state index contributed by atoms with van der Waals surface area (Å²) in [4.78, 5) is 12.0. The minimum Gasteiger partial charge on any atom is -0.355 e. The highest BCUT2D eigenvalue weighted by Crippen LogP contribution is 2.24. The van der Waals surface area contributed by atoms with E-state index in [0.717, 1.165) is 32.2 Å². The van der Waals surface area contributed by atoms with E-state index in [4.69, 9.17) is 5.73 Å². The Balaban J connectivity index is 2.39. The first-order valence-electron chi connectivity index (χ1n) is 6.49. The Morgan fingerprint density at radius 2 is 2.00 bits per heavy atom. The zero-order valence-corrected chi connectivity index (χ0v) is 10.9. The number of nitrogens with one attached hydrogen (secondary N) is 1. The van der Waals surface area contributed by atoms with E-state index in [1.54, 1.807) is 0 Å². The average molecular weight is 226 g/mol. The van der Waals surface area contributed by atoms with Gasteiger partial charge in [0.2, 0.25) is 5.91 Å². The molecule has 0 aliphatic heterocycles. The van der Waals surface area contributed by atoms with E-state index in [9.17, 15) is 4.79 Å². The molecule has 1 aliphatic carbocycles. The molecule has 1 aliphatic rings. The molecule has 1 rings (SSSR count). The zero-order valence-electron chi connectivity index (χ0n) is 10.9. The Bertz CT molecular complexity index is 238. The molecule has 2 unspecified atom stereocenters. The number of nitrogens with two attached hydrogens (primary N) is 1. The predicted molar refractivity (Wildman–Crippen MR) is 67.0 cm³/mol. The van der Waals surface area contributed by atoms with Crippen LogP contribution >= 0.6 is 0 Å². The summed E-state index contributed by atoms with van der Waals surface area (Å²) in [6.07, 6.45) is 5.34. The van der Waals surface area contributed by atoms with Crippen molar-refractivity contribution in [1.29, 1.82) is 0 Å². The molecule has 0 radical (unpaired) electrons. The van der Waals surface area contributed by atoms with E-state index in [1.165, 1.54) is 6.42 Å². The van der Waals surface area contributed by atoms with Crippen LogP contribution in [0.15, 0.2) is 0 Å². The summed E-state index contributed by atoms with van der Waals surface area (Å²) in [5.74, 6) is 0.204. The van der Waals surface area contributed by atoms with Gasteiger partial charge < -0.3 is 11.1 Å². The van der Waals surface area contributed by atoms with Gasteiger partial charge in [-0.2, -0.15) is 0 Å². The Morgan fingerprint density at radius 1 is 1.38 bits per heavy atom. The Kier molecular flexibility index (Phi) is 4.78. The summed E-state index contributed by atoms with van der Waals surface area (Å²) >= 11 is 0. The molecule has 1 fully saturated rings. The number of hydrogen-bond donors (Lipinski definition) is 2. The van der Waals surface area contributed by atoms with Crippen LogP contribution in [0.1, 0.15) is 52.9 Å². The van der Waals surface area contributed by atoms with Gasteiger partial charge in [-0.1, -0.05) is 33.6 Å². The zero-order chi connectivity index (χ0) is 12.2. The van der Waals surface area contributed by atoms with Gasteiger partial charge in [-0.3, -0.25) is 4.79 Å². The third kappa shape index (κ3) is 3.78. The lowest BCUT2D eigenvalue weighted by Gasteiger charge is -2.29. The summed E-state index contributed by atoms with van der Waals surface area (Å²) in [6, 6.07) is 0.0680. The first kappa shape index (κ1) is 13.5. The van der Waals surface area contributed by atoms with Crippen molar-refractivity contribution in [2.45, 2.75) is 58.9 Å². The standard InChI is InChI=1S/C13H26N2O/c1-4-13(2,3)9-15-12(16)10-7-5-6-8-11(10)14/h10-11H,4-9,14H2,1-3H3,(H,15,16). The number of amides is 1. The first-order chi connectivity index (χ1) is 7.46. The first-order valence-corrected chi connectivity index (χ1v) is 6.49. The summed E-state index contributed by atoms with van der Waals surface area (Å²) in [6.45, 7) is 7.26. The van der Waals surface area contributed by atoms with Crippen molar-refractivity contribution >= 4 is 5.91 Å². The maximum Gasteiger partial charge on any atom is 0.224 e. The molecule has 0 bridgehead atoms. The average Bonchev–Trinajstić information content (AvgIpc) is 2.27. The van der Waals surface area contributed by atoms with Gasteiger partial charge in [0.25, 0.3) is 0 Å². The van der Waals surface area contributed by atoms with Gasteiger partial charge in [0.15, 0.2) is 0 Å². The van der Waals surface area contributed by atoms with Crippen LogP contribution in [-0.4, -0.2) is 18.5 Å². The van der Waals surface area contributed by atoms with Gasteiger partial charge >= 0.3 is 0 Å². The van der Waals surface area contributed by atoms with Gasteiger partial charge in [-0.15, -0.1) is 0 Å². The van der Waals surface area contributed by atoms with E-state index in [1.807, 2.05) is 0 Å². The smallest absolute Gasteiger partial charge is 0.224 e. The number of hydrogen-bond acceptors (Lipinski definition) is 2. The summed E-state index contributed by atoms with van der Waals surface area (Å²) in [5.41, 5.74) is 6.18. The lowest BCUT2D eigenvalue weighted by Crippen LogP contribution is -2.45. The highest BCUT2D eigenvalue weighted by atomic mass is 16.1. The maximum absolute atomic E-state index is 12.0.